The van der Waals surface area contributed by atoms with Crippen molar-refractivity contribution in [2.24, 2.45) is 0 Å². The monoisotopic (exact) mass is 287 g/mol. The molecule has 0 saturated heterocycles. The van der Waals surface area contributed by atoms with Gasteiger partial charge in [-0.3, -0.25) is 5.32 Å². The number of esters is 1. The first-order valence-electron chi connectivity index (χ1n) is 7.14. The summed E-state index contributed by atoms with van der Waals surface area (Å²) in [6, 6.07) is 13.5. The molecular weight excluding hydrogens is 266 g/mol. The molecule has 0 spiro atoms. The highest BCUT2D eigenvalue weighted by atomic mass is 16.5. The maximum atomic E-state index is 12.3. The largest absolute Gasteiger partial charge is 0.465 e. The third kappa shape index (κ3) is 3.80. The Morgan fingerprint density at radius 1 is 1.19 bits per heavy atom. The lowest BCUT2D eigenvalue weighted by atomic mass is 9.98. The zero-order valence-corrected chi connectivity index (χ0v) is 12.5. The molecule has 4 heteroatoms. The van der Waals surface area contributed by atoms with Crippen molar-refractivity contribution in [1.82, 2.24) is 5.32 Å². The van der Waals surface area contributed by atoms with E-state index in [4.69, 9.17) is 9.47 Å². The van der Waals surface area contributed by atoms with Crippen LogP contribution in [0.2, 0.25) is 0 Å². The molecule has 0 saturated carbocycles. The van der Waals surface area contributed by atoms with Crippen LogP contribution in [0, 0.1) is 0 Å². The lowest BCUT2D eigenvalue weighted by Gasteiger charge is -2.19. The number of rotatable bonds is 7. The fourth-order valence-corrected chi connectivity index (χ4v) is 2.35. The first-order valence-corrected chi connectivity index (χ1v) is 7.14. The van der Waals surface area contributed by atoms with Gasteiger partial charge in [-0.05, 0) is 23.3 Å². The number of benzene rings is 2. The summed E-state index contributed by atoms with van der Waals surface area (Å²) in [6.07, 6.45) is 0. The lowest BCUT2D eigenvalue weighted by Crippen LogP contribution is -2.32. The normalized spacial score (nSPS) is 12.3. The topological polar surface area (TPSA) is 47.6 Å². The van der Waals surface area contributed by atoms with Crippen molar-refractivity contribution < 1.29 is 14.3 Å². The van der Waals surface area contributed by atoms with E-state index in [1.807, 2.05) is 49.4 Å². The minimum absolute atomic E-state index is 0.259. The van der Waals surface area contributed by atoms with Crippen LogP contribution in [0.4, 0.5) is 0 Å². The summed E-state index contributed by atoms with van der Waals surface area (Å²) in [6.45, 7) is 3.31. The van der Waals surface area contributed by atoms with Crippen LogP contribution in [0.25, 0.3) is 10.8 Å². The van der Waals surface area contributed by atoms with E-state index in [1.54, 1.807) is 7.11 Å². The zero-order valence-electron chi connectivity index (χ0n) is 12.5. The first-order chi connectivity index (χ1) is 10.3. The van der Waals surface area contributed by atoms with Crippen molar-refractivity contribution in [1.29, 1.82) is 0 Å². The van der Waals surface area contributed by atoms with Crippen LogP contribution in [0.1, 0.15) is 18.5 Å². The first kappa shape index (κ1) is 15.5. The summed E-state index contributed by atoms with van der Waals surface area (Å²) in [5.74, 6) is -0.259. The highest BCUT2D eigenvalue weighted by Gasteiger charge is 2.22. The Morgan fingerprint density at radius 3 is 2.71 bits per heavy atom. The number of hydrogen-bond donors (Lipinski definition) is 1. The number of fused-ring (bicyclic) bond motifs is 1. The van der Waals surface area contributed by atoms with E-state index in [-0.39, 0.29) is 5.97 Å². The fraction of sp³-hybridized carbons (Fsp3) is 0.353. The van der Waals surface area contributed by atoms with Gasteiger partial charge in [0.2, 0.25) is 0 Å². The average molecular weight is 287 g/mol. The molecule has 0 radical (unpaired) electrons. The van der Waals surface area contributed by atoms with Crippen molar-refractivity contribution in [3.8, 4) is 0 Å². The van der Waals surface area contributed by atoms with E-state index in [0.29, 0.717) is 19.8 Å². The van der Waals surface area contributed by atoms with E-state index in [0.717, 1.165) is 16.3 Å². The Kier molecular flexibility index (Phi) is 5.72. The van der Waals surface area contributed by atoms with Crippen molar-refractivity contribution in [3.05, 3.63) is 48.0 Å². The second kappa shape index (κ2) is 7.76. The molecule has 0 bridgehead atoms. The molecule has 2 rings (SSSR count). The summed E-state index contributed by atoms with van der Waals surface area (Å²) in [4.78, 5) is 12.3. The zero-order chi connectivity index (χ0) is 15.1. The summed E-state index contributed by atoms with van der Waals surface area (Å²) >= 11 is 0. The van der Waals surface area contributed by atoms with Gasteiger partial charge in [0.15, 0.2) is 0 Å². The van der Waals surface area contributed by atoms with Gasteiger partial charge in [0, 0.05) is 13.7 Å². The van der Waals surface area contributed by atoms with Crippen molar-refractivity contribution >= 4 is 16.7 Å². The summed E-state index contributed by atoms with van der Waals surface area (Å²) in [7, 11) is 1.64. The molecule has 2 aromatic rings. The predicted octanol–water partition coefficient (Wildman–Crippen LogP) is 2.68. The van der Waals surface area contributed by atoms with Crippen LogP contribution in [-0.2, 0) is 14.3 Å². The fourth-order valence-electron chi connectivity index (χ4n) is 2.35. The average Bonchev–Trinajstić information content (AvgIpc) is 2.51. The molecule has 21 heavy (non-hydrogen) atoms. The predicted molar refractivity (Wildman–Crippen MR) is 83.2 cm³/mol. The maximum absolute atomic E-state index is 12.3. The van der Waals surface area contributed by atoms with Crippen LogP contribution in [0.3, 0.4) is 0 Å². The molecule has 0 fully saturated rings. The number of carbonyl (C=O) groups excluding carboxylic acids is 1. The van der Waals surface area contributed by atoms with E-state index in [1.165, 1.54) is 0 Å². The molecule has 0 aromatic heterocycles. The number of carbonyl (C=O) groups is 1. The molecule has 1 unspecified atom stereocenters. The third-order valence-corrected chi connectivity index (χ3v) is 3.31. The van der Waals surface area contributed by atoms with E-state index >= 15 is 0 Å². The number of ether oxygens (including phenoxy) is 2. The van der Waals surface area contributed by atoms with Gasteiger partial charge in [-0.25, -0.2) is 4.79 Å². The minimum Gasteiger partial charge on any atom is -0.465 e. The van der Waals surface area contributed by atoms with E-state index in [9.17, 15) is 4.79 Å². The summed E-state index contributed by atoms with van der Waals surface area (Å²) < 4.78 is 10.2. The van der Waals surface area contributed by atoms with Crippen LogP contribution < -0.4 is 5.32 Å². The Labute approximate surface area is 125 Å². The van der Waals surface area contributed by atoms with Gasteiger partial charge < -0.3 is 9.47 Å². The Bertz CT molecular complexity index is 592. The molecule has 0 aliphatic rings. The molecule has 0 aliphatic carbocycles. The van der Waals surface area contributed by atoms with Gasteiger partial charge in [-0.2, -0.15) is 0 Å². The van der Waals surface area contributed by atoms with Crippen molar-refractivity contribution in [3.63, 3.8) is 0 Å². The SMILES string of the molecule is CCOC(=O)C(NCCOC)c1cccc2ccccc12. The Morgan fingerprint density at radius 2 is 1.95 bits per heavy atom. The molecule has 4 nitrogen and oxygen atoms in total. The number of methoxy groups -OCH3 is 1. The van der Waals surface area contributed by atoms with Crippen LogP contribution in [0.15, 0.2) is 42.5 Å². The summed E-state index contributed by atoms with van der Waals surface area (Å²) in [5, 5.41) is 5.38. The van der Waals surface area contributed by atoms with Crippen LogP contribution >= 0.6 is 0 Å². The molecule has 2 aromatic carbocycles. The standard InChI is InChI=1S/C17H21NO3/c1-3-21-17(19)16(18-11-12-20-2)15-10-6-8-13-7-4-5-9-14(13)15/h4-10,16,18H,3,11-12H2,1-2H3. The van der Waals surface area contributed by atoms with E-state index in [2.05, 4.69) is 5.32 Å². The molecule has 112 valence electrons. The van der Waals surface area contributed by atoms with Crippen LogP contribution in [0.5, 0.6) is 0 Å². The second-order valence-corrected chi connectivity index (χ2v) is 4.70. The highest BCUT2D eigenvalue weighted by molar-refractivity contribution is 5.91. The smallest absolute Gasteiger partial charge is 0.327 e. The van der Waals surface area contributed by atoms with Gasteiger partial charge in [-0.15, -0.1) is 0 Å². The van der Waals surface area contributed by atoms with Gasteiger partial charge >= 0.3 is 5.97 Å². The lowest BCUT2D eigenvalue weighted by molar-refractivity contribution is -0.145. The second-order valence-electron chi connectivity index (χ2n) is 4.70. The summed E-state index contributed by atoms with van der Waals surface area (Å²) in [5.41, 5.74) is 0.933. The third-order valence-electron chi connectivity index (χ3n) is 3.31. The van der Waals surface area contributed by atoms with Crippen molar-refractivity contribution in [2.45, 2.75) is 13.0 Å². The molecule has 0 amide bonds. The number of hydrogen-bond acceptors (Lipinski definition) is 4. The Balaban J connectivity index is 2.35. The molecule has 0 heterocycles. The number of nitrogens with one attached hydrogen (secondary N) is 1. The van der Waals surface area contributed by atoms with Crippen LogP contribution in [-0.4, -0.2) is 32.8 Å². The highest BCUT2D eigenvalue weighted by Crippen LogP contribution is 2.25. The molecule has 0 aliphatic heterocycles. The minimum atomic E-state index is -0.480. The van der Waals surface area contributed by atoms with Crippen molar-refractivity contribution in [2.75, 3.05) is 26.9 Å². The molecular formula is C17H21NO3. The van der Waals surface area contributed by atoms with E-state index < -0.39 is 6.04 Å². The quantitative estimate of drug-likeness (QED) is 0.628. The molecule has 1 atom stereocenters. The molecule has 1 N–H and O–H groups in total. The van der Waals surface area contributed by atoms with Gasteiger partial charge in [0.05, 0.1) is 13.2 Å². The van der Waals surface area contributed by atoms with Gasteiger partial charge in [0.1, 0.15) is 6.04 Å². The maximum Gasteiger partial charge on any atom is 0.327 e. The van der Waals surface area contributed by atoms with Gasteiger partial charge in [0.25, 0.3) is 0 Å². The van der Waals surface area contributed by atoms with Gasteiger partial charge in [-0.1, -0.05) is 42.5 Å². The Hall–Kier alpha value is -1.91.